The van der Waals surface area contributed by atoms with Gasteiger partial charge >= 0.3 is 5.97 Å². The Morgan fingerprint density at radius 2 is 2.09 bits per heavy atom. The van der Waals surface area contributed by atoms with Crippen LogP contribution in [-0.4, -0.2) is 24.5 Å². The van der Waals surface area contributed by atoms with Gasteiger partial charge in [0.2, 0.25) is 0 Å². The van der Waals surface area contributed by atoms with Crippen LogP contribution < -0.4 is 5.32 Å². The number of benzene rings is 1. The van der Waals surface area contributed by atoms with Crippen molar-refractivity contribution in [2.24, 2.45) is 11.8 Å². The van der Waals surface area contributed by atoms with Crippen LogP contribution in [0.15, 0.2) is 22.7 Å². The van der Waals surface area contributed by atoms with Gasteiger partial charge in [0.05, 0.1) is 10.6 Å². The third-order valence-corrected chi connectivity index (χ3v) is 5.36. The van der Waals surface area contributed by atoms with Crippen LogP contribution in [0.3, 0.4) is 0 Å². The molecule has 0 bridgehead atoms. The van der Waals surface area contributed by atoms with Gasteiger partial charge in [0.15, 0.2) is 6.61 Å². The van der Waals surface area contributed by atoms with Crippen molar-refractivity contribution in [1.29, 1.82) is 0 Å². The Hall–Kier alpha value is -1.07. The van der Waals surface area contributed by atoms with Crippen molar-refractivity contribution in [2.75, 3.05) is 6.61 Å². The summed E-state index contributed by atoms with van der Waals surface area (Å²) in [4.78, 5) is 24.0. The summed E-state index contributed by atoms with van der Waals surface area (Å²) in [7, 11) is 0. The van der Waals surface area contributed by atoms with E-state index in [1.165, 1.54) is 6.42 Å². The number of nitrogens with one attached hydrogen (secondary N) is 1. The van der Waals surface area contributed by atoms with Crippen molar-refractivity contribution in [2.45, 2.75) is 39.2 Å². The van der Waals surface area contributed by atoms with Crippen LogP contribution in [0.2, 0.25) is 5.02 Å². The fraction of sp³-hybridized carbons (Fsp3) is 0.529. The van der Waals surface area contributed by atoms with Gasteiger partial charge in [-0.3, -0.25) is 4.79 Å². The van der Waals surface area contributed by atoms with E-state index in [1.807, 2.05) is 0 Å². The maximum absolute atomic E-state index is 12.0. The lowest BCUT2D eigenvalue weighted by Gasteiger charge is -2.34. The fourth-order valence-electron chi connectivity index (χ4n) is 2.90. The molecule has 0 aliphatic heterocycles. The molecule has 1 fully saturated rings. The van der Waals surface area contributed by atoms with E-state index in [1.54, 1.807) is 18.2 Å². The van der Waals surface area contributed by atoms with Gasteiger partial charge in [0.1, 0.15) is 0 Å². The number of carbonyl (C=O) groups is 2. The molecule has 1 N–H and O–H groups in total. The van der Waals surface area contributed by atoms with Gasteiger partial charge in [-0.2, -0.15) is 0 Å². The first-order chi connectivity index (χ1) is 10.9. The summed E-state index contributed by atoms with van der Waals surface area (Å²) >= 11 is 9.25. The monoisotopic (exact) mass is 401 g/mol. The zero-order valence-corrected chi connectivity index (χ0v) is 15.6. The highest BCUT2D eigenvalue weighted by atomic mass is 79.9. The normalized spacial score (nSPS) is 24.1. The van der Waals surface area contributed by atoms with Gasteiger partial charge in [0.25, 0.3) is 5.91 Å². The van der Waals surface area contributed by atoms with E-state index in [0.29, 0.717) is 16.9 Å². The number of hydrogen-bond acceptors (Lipinski definition) is 3. The summed E-state index contributed by atoms with van der Waals surface area (Å²) in [6.07, 6.45) is 3.29. The minimum Gasteiger partial charge on any atom is -0.452 e. The van der Waals surface area contributed by atoms with Gasteiger partial charge < -0.3 is 10.1 Å². The molecular formula is C17H21BrClNO3. The zero-order valence-electron chi connectivity index (χ0n) is 13.3. The van der Waals surface area contributed by atoms with Crippen LogP contribution in [0.5, 0.6) is 0 Å². The molecule has 1 aromatic carbocycles. The number of carbonyl (C=O) groups excluding carboxylic acids is 2. The van der Waals surface area contributed by atoms with Crippen molar-refractivity contribution < 1.29 is 14.3 Å². The molecule has 6 heteroatoms. The molecule has 0 radical (unpaired) electrons. The summed E-state index contributed by atoms with van der Waals surface area (Å²) in [5.41, 5.74) is 0.244. The Balaban J connectivity index is 1.86. The van der Waals surface area contributed by atoms with E-state index in [2.05, 4.69) is 35.1 Å². The Morgan fingerprint density at radius 3 is 2.83 bits per heavy atom. The van der Waals surface area contributed by atoms with E-state index in [0.717, 1.165) is 17.3 Å². The average molecular weight is 403 g/mol. The molecule has 23 heavy (non-hydrogen) atoms. The quantitative estimate of drug-likeness (QED) is 0.768. The van der Waals surface area contributed by atoms with E-state index in [9.17, 15) is 9.59 Å². The predicted molar refractivity (Wildman–Crippen MR) is 93.5 cm³/mol. The Bertz CT molecular complexity index is 593. The standard InChI is InChI=1S/C17H21BrClNO3/c1-10-4-3-5-15(11(10)2)20-16(21)9-23-17(22)13-8-12(18)6-7-14(13)19/h6-8,10-11,15H,3-5,9H2,1-2H3,(H,20,21)/t10-,11-,15+/m1/s1. The first-order valence-electron chi connectivity index (χ1n) is 7.80. The second-order valence-corrected chi connectivity index (χ2v) is 7.46. The summed E-state index contributed by atoms with van der Waals surface area (Å²) in [6.45, 7) is 4.07. The van der Waals surface area contributed by atoms with Crippen LogP contribution in [0.1, 0.15) is 43.5 Å². The highest BCUT2D eigenvalue weighted by molar-refractivity contribution is 9.10. The summed E-state index contributed by atoms with van der Waals surface area (Å²) < 4.78 is 5.80. The molecule has 1 aliphatic carbocycles. The molecular weight excluding hydrogens is 382 g/mol. The van der Waals surface area contributed by atoms with Crippen LogP contribution in [0.4, 0.5) is 0 Å². The summed E-state index contributed by atoms with van der Waals surface area (Å²) in [5.74, 6) is 0.159. The Kier molecular flexibility index (Phi) is 6.48. The minimum atomic E-state index is -0.600. The number of ether oxygens (including phenoxy) is 1. The smallest absolute Gasteiger partial charge is 0.340 e. The molecule has 2 rings (SSSR count). The maximum Gasteiger partial charge on any atom is 0.340 e. The van der Waals surface area contributed by atoms with Crippen molar-refractivity contribution in [3.8, 4) is 0 Å². The largest absolute Gasteiger partial charge is 0.452 e. The number of hydrogen-bond donors (Lipinski definition) is 1. The molecule has 3 atom stereocenters. The topological polar surface area (TPSA) is 55.4 Å². The predicted octanol–water partition coefficient (Wildman–Crippen LogP) is 4.20. The molecule has 0 saturated heterocycles. The molecule has 0 unspecified atom stereocenters. The van der Waals surface area contributed by atoms with E-state index in [-0.39, 0.29) is 24.1 Å². The molecule has 126 valence electrons. The van der Waals surface area contributed by atoms with E-state index < -0.39 is 5.97 Å². The van der Waals surface area contributed by atoms with Gasteiger partial charge in [-0.1, -0.05) is 54.2 Å². The Labute approximate surface area is 150 Å². The first kappa shape index (κ1) is 18.3. The van der Waals surface area contributed by atoms with Gasteiger partial charge in [-0.25, -0.2) is 4.79 Å². The lowest BCUT2D eigenvalue weighted by atomic mass is 9.78. The van der Waals surface area contributed by atoms with Gasteiger partial charge in [0, 0.05) is 10.5 Å². The zero-order chi connectivity index (χ0) is 17.0. The Morgan fingerprint density at radius 1 is 1.35 bits per heavy atom. The molecule has 0 spiro atoms. The highest BCUT2D eigenvalue weighted by Gasteiger charge is 2.28. The number of rotatable bonds is 4. The lowest BCUT2D eigenvalue weighted by Crippen LogP contribution is -2.45. The minimum absolute atomic E-state index is 0.152. The molecule has 1 aliphatic rings. The molecule has 4 nitrogen and oxygen atoms in total. The van der Waals surface area contributed by atoms with Crippen molar-refractivity contribution in [1.82, 2.24) is 5.32 Å². The molecule has 1 amide bonds. The summed E-state index contributed by atoms with van der Waals surface area (Å²) in [5, 5.41) is 3.27. The number of esters is 1. The number of halogens is 2. The highest BCUT2D eigenvalue weighted by Crippen LogP contribution is 2.29. The second-order valence-electron chi connectivity index (χ2n) is 6.14. The van der Waals surface area contributed by atoms with Gasteiger partial charge in [-0.15, -0.1) is 0 Å². The third kappa shape index (κ3) is 4.95. The lowest BCUT2D eigenvalue weighted by molar-refractivity contribution is -0.125. The van der Waals surface area contributed by atoms with Crippen LogP contribution >= 0.6 is 27.5 Å². The van der Waals surface area contributed by atoms with Crippen LogP contribution in [-0.2, 0) is 9.53 Å². The van der Waals surface area contributed by atoms with Crippen molar-refractivity contribution >= 4 is 39.4 Å². The molecule has 0 heterocycles. The summed E-state index contributed by atoms with van der Waals surface area (Å²) in [6, 6.07) is 5.07. The average Bonchev–Trinajstić information content (AvgIpc) is 2.52. The molecule has 0 aromatic heterocycles. The molecule has 1 aromatic rings. The maximum atomic E-state index is 12.0. The second kappa shape index (κ2) is 8.15. The van der Waals surface area contributed by atoms with Crippen LogP contribution in [0.25, 0.3) is 0 Å². The van der Waals surface area contributed by atoms with E-state index >= 15 is 0 Å². The molecule has 1 saturated carbocycles. The van der Waals surface area contributed by atoms with Crippen molar-refractivity contribution in [3.63, 3.8) is 0 Å². The van der Waals surface area contributed by atoms with Crippen molar-refractivity contribution in [3.05, 3.63) is 33.3 Å². The van der Waals surface area contributed by atoms with Crippen LogP contribution in [0, 0.1) is 11.8 Å². The van der Waals surface area contributed by atoms with E-state index in [4.69, 9.17) is 16.3 Å². The van der Waals surface area contributed by atoms with Gasteiger partial charge in [-0.05, 0) is 36.5 Å². The fourth-order valence-corrected chi connectivity index (χ4v) is 3.45. The first-order valence-corrected chi connectivity index (χ1v) is 8.97. The number of amides is 1. The SMILES string of the molecule is C[C@@H]1[C@H](C)CCC[C@@H]1NC(=O)COC(=O)c1cc(Br)ccc1Cl. The third-order valence-electron chi connectivity index (χ3n) is 4.54.